The molecule has 2 amide bonds. The summed E-state index contributed by atoms with van der Waals surface area (Å²) in [6.07, 6.45) is 3.20. The smallest absolute Gasteiger partial charge is 0.289 e. The van der Waals surface area contributed by atoms with Crippen LogP contribution in [0.3, 0.4) is 0 Å². The molecule has 1 spiro atoms. The maximum absolute atomic E-state index is 12.6. The van der Waals surface area contributed by atoms with Crippen molar-refractivity contribution in [3.05, 3.63) is 53.4 Å². The van der Waals surface area contributed by atoms with Crippen molar-refractivity contribution in [2.75, 3.05) is 26.2 Å². The second kappa shape index (κ2) is 7.44. The summed E-state index contributed by atoms with van der Waals surface area (Å²) in [5, 5.41) is 15.3. The van der Waals surface area contributed by atoms with Crippen molar-refractivity contribution in [3.8, 4) is 6.07 Å². The standard InChI is InChI=1S/C20H20N4O4/c21-9-14-2-1-3-16(8-14)19(26)24-12-20(13-24)6-4-15(11-27-20)10-22-18(25)17-5-7-23-28-17/h1-3,5,7-8,15H,4,6,10-13H2,(H,22,25)/t15-/m0/s1. The van der Waals surface area contributed by atoms with Gasteiger partial charge in [-0.15, -0.1) is 0 Å². The van der Waals surface area contributed by atoms with Gasteiger partial charge in [0.2, 0.25) is 5.76 Å². The van der Waals surface area contributed by atoms with Crippen LogP contribution in [-0.2, 0) is 4.74 Å². The number of nitrogens with zero attached hydrogens (tertiary/aromatic N) is 3. The summed E-state index contributed by atoms with van der Waals surface area (Å²) >= 11 is 0. The third kappa shape index (κ3) is 3.62. The topological polar surface area (TPSA) is 108 Å². The molecule has 0 unspecified atom stereocenters. The molecule has 1 aromatic carbocycles. The van der Waals surface area contributed by atoms with Crippen LogP contribution in [0.5, 0.6) is 0 Å². The van der Waals surface area contributed by atoms with Gasteiger partial charge in [0.15, 0.2) is 0 Å². The van der Waals surface area contributed by atoms with E-state index < -0.39 is 0 Å². The van der Waals surface area contributed by atoms with Gasteiger partial charge in [0.05, 0.1) is 37.5 Å². The molecule has 2 saturated heterocycles. The van der Waals surface area contributed by atoms with Crippen LogP contribution in [0, 0.1) is 17.2 Å². The van der Waals surface area contributed by atoms with Crippen molar-refractivity contribution < 1.29 is 18.8 Å². The van der Waals surface area contributed by atoms with Crippen molar-refractivity contribution in [2.45, 2.75) is 18.4 Å². The molecule has 4 rings (SSSR count). The van der Waals surface area contributed by atoms with E-state index in [1.54, 1.807) is 29.2 Å². The minimum Gasteiger partial charge on any atom is -0.371 e. The molecule has 2 fully saturated rings. The molecule has 0 aliphatic carbocycles. The lowest BCUT2D eigenvalue weighted by Crippen LogP contribution is -2.66. The average molecular weight is 380 g/mol. The lowest BCUT2D eigenvalue weighted by atomic mass is 9.82. The van der Waals surface area contributed by atoms with E-state index in [0.29, 0.717) is 37.4 Å². The first-order chi connectivity index (χ1) is 13.6. The van der Waals surface area contributed by atoms with Crippen LogP contribution in [0.15, 0.2) is 41.1 Å². The summed E-state index contributed by atoms with van der Waals surface area (Å²) in [5.41, 5.74) is 0.719. The fourth-order valence-corrected chi connectivity index (χ4v) is 3.68. The highest BCUT2D eigenvalue weighted by molar-refractivity contribution is 5.95. The summed E-state index contributed by atoms with van der Waals surface area (Å²) in [6.45, 7) is 2.17. The number of carbonyl (C=O) groups is 2. The molecular formula is C20H20N4O4. The van der Waals surface area contributed by atoms with Crippen molar-refractivity contribution in [2.24, 2.45) is 5.92 Å². The molecule has 1 aromatic heterocycles. The second-order valence-corrected chi connectivity index (χ2v) is 7.34. The molecular weight excluding hydrogens is 360 g/mol. The van der Waals surface area contributed by atoms with Crippen LogP contribution in [0.1, 0.15) is 39.3 Å². The van der Waals surface area contributed by atoms with Crippen LogP contribution >= 0.6 is 0 Å². The quantitative estimate of drug-likeness (QED) is 0.863. The number of ether oxygens (including phenoxy) is 1. The van der Waals surface area contributed by atoms with Crippen molar-refractivity contribution in [1.29, 1.82) is 5.26 Å². The molecule has 2 aliphatic rings. The summed E-state index contributed by atoms with van der Waals surface area (Å²) in [7, 11) is 0. The number of benzene rings is 1. The summed E-state index contributed by atoms with van der Waals surface area (Å²) in [5.74, 6) is 0.0712. The number of likely N-dealkylation sites (tertiary alicyclic amines) is 1. The van der Waals surface area contributed by atoms with Gasteiger partial charge >= 0.3 is 0 Å². The fraction of sp³-hybridized carbons (Fsp3) is 0.400. The SMILES string of the molecule is N#Cc1cccc(C(=O)N2CC3(CC[C@@H](CNC(=O)c4ccno4)CO3)C2)c1. The van der Waals surface area contributed by atoms with E-state index in [9.17, 15) is 9.59 Å². The number of rotatable bonds is 4. The third-order valence-corrected chi connectivity index (χ3v) is 5.33. The Kier molecular flexibility index (Phi) is 4.84. The maximum Gasteiger partial charge on any atom is 0.289 e. The third-order valence-electron chi connectivity index (χ3n) is 5.33. The zero-order valence-electron chi connectivity index (χ0n) is 15.3. The van der Waals surface area contributed by atoms with Gasteiger partial charge in [0, 0.05) is 18.2 Å². The van der Waals surface area contributed by atoms with Gasteiger partial charge in [0.1, 0.15) is 5.60 Å². The Bertz CT molecular complexity index is 903. The first-order valence-corrected chi connectivity index (χ1v) is 9.21. The van der Waals surface area contributed by atoms with Gasteiger partial charge in [-0.1, -0.05) is 11.2 Å². The zero-order valence-corrected chi connectivity index (χ0v) is 15.3. The Morgan fingerprint density at radius 1 is 1.36 bits per heavy atom. The van der Waals surface area contributed by atoms with E-state index in [4.69, 9.17) is 14.5 Å². The number of hydrogen-bond acceptors (Lipinski definition) is 6. The van der Waals surface area contributed by atoms with E-state index in [1.807, 2.05) is 0 Å². The Balaban J connectivity index is 1.24. The van der Waals surface area contributed by atoms with Gasteiger partial charge in [-0.3, -0.25) is 9.59 Å². The first-order valence-electron chi connectivity index (χ1n) is 9.21. The molecule has 0 saturated carbocycles. The van der Waals surface area contributed by atoms with Crippen LogP contribution in [0.25, 0.3) is 0 Å². The fourth-order valence-electron chi connectivity index (χ4n) is 3.68. The largest absolute Gasteiger partial charge is 0.371 e. The van der Waals surface area contributed by atoms with E-state index in [1.165, 1.54) is 12.3 Å². The van der Waals surface area contributed by atoms with Crippen molar-refractivity contribution in [1.82, 2.24) is 15.4 Å². The Hall–Kier alpha value is -3.18. The van der Waals surface area contributed by atoms with Gasteiger partial charge < -0.3 is 19.5 Å². The molecule has 8 nitrogen and oxygen atoms in total. The highest BCUT2D eigenvalue weighted by atomic mass is 16.5. The molecule has 1 atom stereocenters. The number of carbonyl (C=O) groups excluding carboxylic acids is 2. The molecule has 8 heteroatoms. The van der Waals surface area contributed by atoms with Crippen molar-refractivity contribution >= 4 is 11.8 Å². The average Bonchev–Trinajstić information content (AvgIpc) is 3.25. The number of amides is 2. The summed E-state index contributed by atoms with van der Waals surface area (Å²) in [4.78, 5) is 26.2. The Morgan fingerprint density at radius 2 is 2.21 bits per heavy atom. The van der Waals surface area contributed by atoms with E-state index in [2.05, 4.69) is 16.5 Å². The Morgan fingerprint density at radius 3 is 2.89 bits per heavy atom. The monoisotopic (exact) mass is 380 g/mol. The highest BCUT2D eigenvalue weighted by Crippen LogP contribution is 2.36. The normalized spacial score (nSPS) is 20.2. The molecule has 28 heavy (non-hydrogen) atoms. The number of aromatic nitrogens is 1. The number of nitriles is 1. The highest BCUT2D eigenvalue weighted by Gasteiger charge is 2.48. The van der Waals surface area contributed by atoms with Crippen LogP contribution < -0.4 is 5.32 Å². The van der Waals surface area contributed by atoms with Gasteiger partial charge in [-0.05, 0) is 37.0 Å². The van der Waals surface area contributed by atoms with Crippen molar-refractivity contribution in [3.63, 3.8) is 0 Å². The molecule has 144 valence electrons. The summed E-state index contributed by atoms with van der Waals surface area (Å²) < 4.78 is 10.9. The molecule has 2 aromatic rings. The maximum atomic E-state index is 12.6. The number of nitrogens with one attached hydrogen (secondary N) is 1. The molecule has 3 heterocycles. The van der Waals surface area contributed by atoms with Crippen LogP contribution in [0.2, 0.25) is 0 Å². The number of hydrogen-bond donors (Lipinski definition) is 1. The summed E-state index contributed by atoms with van der Waals surface area (Å²) in [6, 6.07) is 10.3. The predicted molar refractivity (Wildman–Crippen MR) is 97.3 cm³/mol. The van der Waals surface area contributed by atoms with Crippen LogP contribution in [0.4, 0.5) is 0 Å². The molecule has 0 bridgehead atoms. The Labute approximate surface area is 162 Å². The molecule has 0 radical (unpaired) electrons. The van der Waals surface area contributed by atoms with E-state index >= 15 is 0 Å². The minimum absolute atomic E-state index is 0.0761. The predicted octanol–water partition coefficient (Wildman–Crippen LogP) is 1.60. The molecule has 2 aliphatic heterocycles. The van der Waals surface area contributed by atoms with E-state index in [-0.39, 0.29) is 29.1 Å². The minimum atomic E-state index is -0.284. The zero-order chi connectivity index (χ0) is 19.6. The second-order valence-electron chi connectivity index (χ2n) is 7.34. The first kappa shape index (κ1) is 18.2. The van der Waals surface area contributed by atoms with Crippen LogP contribution in [-0.4, -0.2) is 53.7 Å². The molecule has 1 N–H and O–H groups in total. The lowest BCUT2D eigenvalue weighted by Gasteiger charge is -2.52. The van der Waals surface area contributed by atoms with Gasteiger partial charge in [-0.25, -0.2) is 0 Å². The van der Waals surface area contributed by atoms with Gasteiger partial charge in [-0.2, -0.15) is 5.26 Å². The lowest BCUT2D eigenvalue weighted by molar-refractivity contribution is -0.166. The van der Waals surface area contributed by atoms with E-state index in [0.717, 1.165) is 12.8 Å². The van der Waals surface area contributed by atoms with Gasteiger partial charge in [0.25, 0.3) is 11.8 Å².